The Balaban J connectivity index is 1.30. The Kier molecular flexibility index (Phi) is 6.65. The number of aromatic nitrogens is 2. The summed E-state index contributed by atoms with van der Waals surface area (Å²) in [6.45, 7) is 3.93. The van der Waals surface area contributed by atoms with E-state index in [2.05, 4.69) is 5.10 Å². The summed E-state index contributed by atoms with van der Waals surface area (Å²) in [7, 11) is -3.96. The number of hydrogen-bond donors (Lipinski definition) is 0. The molecule has 2 aliphatic heterocycles. The molecule has 0 aliphatic carbocycles. The van der Waals surface area contributed by atoms with E-state index in [4.69, 9.17) is 4.74 Å². The lowest BCUT2D eigenvalue weighted by molar-refractivity contribution is 0.0791. The van der Waals surface area contributed by atoms with Crippen molar-refractivity contribution in [3.8, 4) is 0 Å². The van der Waals surface area contributed by atoms with E-state index in [9.17, 15) is 22.0 Å². The van der Waals surface area contributed by atoms with E-state index in [-0.39, 0.29) is 23.6 Å². The molecule has 0 atom stereocenters. The molecule has 196 valence electrons. The number of fused-ring (bicyclic) bond motifs is 2. The van der Waals surface area contributed by atoms with Gasteiger partial charge in [0.25, 0.3) is 16.4 Å². The minimum Gasteiger partial charge on any atom is -0.444 e. The fourth-order valence-electron chi connectivity index (χ4n) is 5.15. The third kappa shape index (κ3) is 4.68. The molecule has 8 nitrogen and oxygen atoms in total. The molecular formula is C26H28F2N4O4S. The summed E-state index contributed by atoms with van der Waals surface area (Å²) in [6.07, 6.45) is 1.58. The van der Waals surface area contributed by atoms with Crippen molar-refractivity contribution >= 4 is 21.8 Å². The smallest absolute Gasteiger partial charge is 0.410 e. The van der Waals surface area contributed by atoms with Crippen LogP contribution in [0.2, 0.25) is 0 Å². The summed E-state index contributed by atoms with van der Waals surface area (Å²) >= 11 is 0. The van der Waals surface area contributed by atoms with E-state index in [0.29, 0.717) is 31.6 Å². The number of carbonyl (C=O) groups excluding carboxylic acids is 1. The van der Waals surface area contributed by atoms with Gasteiger partial charge in [0.05, 0.1) is 16.8 Å². The Labute approximate surface area is 214 Å². The van der Waals surface area contributed by atoms with Crippen molar-refractivity contribution in [3.05, 3.63) is 77.6 Å². The predicted octanol–water partition coefficient (Wildman–Crippen LogP) is 4.72. The molecule has 1 aromatic heterocycles. The number of rotatable bonds is 6. The molecule has 2 aliphatic rings. The average molecular weight is 531 g/mol. The number of hydrogen-bond acceptors (Lipinski definition) is 5. The zero-order valence-electron chi connectivity index (χ0n) is 20.4. The molecule has 5 rings (SSSR count). The van der Waals surface area contributed by atoms with Gasteiger partial charge in [0, 0.05) is 48.9 Å². The number of piperidine rings is 1. The molecule has 0 unspecified atom stereocenters. The van der Waals surface area contributed by atoms with Crippen molar-refractivity contribution in [3.63, 3.8) is 0 Å². The Morgan fingerprint density at radius 1 is 1.11 bits per heavy atom. The Bertz CT molecular complexity index is 1380. The van der Waals surface area contributed by atoms with Gasteiger partial charge in [-0.05, 0) is 43.5 Å². The number of benzene rings is 2. The highest BCUT2D eigenvalue weighted by atomic mass is 32.2. The van der Waals surface area contributed by atoms with Gasteiger partial charge in [-0.1, -0.05) is 30.3 Å². The van der Waals surface area contributed by atoms with Crippen LogP contribution in [0.5, 0.6) is 0 Å². The number of alkyl halides is 2. The first-order valence-electron chi connectivity index (χ1n) is 12.2. The van der Waals surface area contributed by atoms with Crippen LogP contribution in [0.4, 0.5) is 19.3 Å². The standard InChI is InChI=1S/C26H28F2N4O4S/c1-2-31-16-19(15-29-31)17-36-25(33)30-13-11-26(12-14-30)18-32(23-6-4-3-5-22(23)26)37(34,35)21-9-7-20(8-10-21)24(27)28/h3-10,15-16,24H,2,11-14,17-18H2,1H3. The Morgan fingerprint density at radius 3 is 2.46 bits per heavy atom. The zero-order valence-corrected chi connectivity index (χ0v) is 21.2. The van der Waals surface area contributed by atoms with Crippen LogP contribution >= 0.6 is 0 Å². The highest BCUT2D eigenvalue weighted by Crippen LogP contribution is 2.48. The molecule has 0 bridgehead atoms. The van der Waals surface area contributed by atoms with Crippen molar-refractivity contribution < 1.29 is 26.7 Å². The molecule has 0 saturated carbocycles. The maximum atomic E-state index is 13.6. The summed E-state index contributed by atoms with van der Waals surface area (Å²) in [5.74, 6) is 0. The van der Waals surface area contributed by atoms with Crippen molar-refractivity contribution in [2.24, 2.45) is 0 Å². The van der Waals surface area contributed by atoms with E-state index in [0.717, 1.165) is 29.8 Å². The van der Waals surface area contributed by atoms with Crippen LogP contribution in [-0.2, 0) is 33.3 Å². The molecule has 1 spiro atoms. The molecule has 1 fully saturated rings. The molecule has 2 aromatic carbocycles. The molecule has 3 heterocycles. The lowest BCUT2D eigenvalue weighted by atomic mass is 9.74. The lowest BCUT2D eigenvalue weighted by Gasteiger charge is -2.39. The van der Waals surface area contributed by atoms with Crippen LogP contribution in [0.25, 0.3) is 0 Å². The first-order chi connectivity index (χ1) is 17.7. The Morgan fingerprint density at radius 2 is 1.81 bits per heavy atom. The van der Waals surface area contributed by atoms with Crippen LogP contribution < -0.4 is 4.31 Å². The van der Waals surface area contributed by atoms with E-state index in [1.165, 1.54) is 16.4 Å². The third-order valence-corrected chi connectivity index (χ3v) is 9.04. The number of halogens is 2. The van der Waals surface area contributed by atoms with Crippen LogP contribution in [0, 0.1) is 0 Å². The normalized spacial score (nSPS) is 16.9. The quantitative estimate of drug-likeness (QED) is 0.461. The highest BCUT2D eigenvalue weighted by Gasteiger charge is 2.48. The van der Waals surface area contributed by atoms with E-state index in [1.54, 1.807) is 27.9 Å². The van der Waals surface area contributed by atoms with Gasteiger partial charge in [-0.25, -0.2) is 22.0 Å². The summed E-state index contributed by atoms with van der Waals surface area (Å²) < 4.78 is 61.7. The van der Waals surface area contributed by atoms with Crippen molar-refractivity contribution in [1.82, 2.24) is 14.7 Å². The van der Waals surface area contributed by atoms with Gasteiger partial charge in [0.1, 0.15) is 6.61 Å². The molecule has 11 heteroatoms. The zero-order chi connectivity index (χ0) is 26.2. The number of anilines is 1. The SMILES string of the molecule is CCn1cc(COC(=O)N2CCC3(CC2)CN(S(=O)(=O)c2ccc(C(F)F)cc2)c2ccccc23)cn1. The largest absolute Gasteiger partial charge is 0.444 e. The number of likely N-dealkylation sites (tertiary alicyclic amines) is 1. The maximum Gasteiger partial charge on any atom is 0.410 e. The van der Waals surface area contributed by atoms with Gasteiger partial charge in [-0.2, -0.15) is 5.10 Å². The van der Waals surface area contributed by atoms with Crippen molar-refractivity contribution in [2.75, 3.05) is 23.9 Å². The lowest BCUT2D eigenvalue weighted by Crippen LogP contribution is -2.47. The van der Waals surface area contributed by atoms with Crippen LogP contribution in [0.1, 0.15) is 42.9 Å². The second kappa shape index (κ2) is 9.77. The fourth-order valence-corrected chi connectivity index (χ4v) is 6.72. The van der Waals surface area contributed by atoms with Crippen molar-refractivity contribution in [1.29, 1.82) is 0 Å². The average Bonchev–Trinajstić information content (AvgIpc) is 3.51. The van der Waals surface area contributed by atoms with Gasteiger partial charge in [0.2, 0.25) is 0 Å². The molecule has 37 heavy (non-hydrogen) atoms. The molecule has 0 radical (unpaired) electrons. The second-order valence-electron chi connectivity index (χ2n) is 9.42. The summed E-state index contributed by atoms with van der Waals surface area (Å²) in [4.78, 5) is 14.3. The van der Waals surface area contributed by atoms with Crippen LogP contribution in [0.15, 0.2) is 65.8 Å². The van der Waals surface area contributed by atoms with Gasteiger partial charge in [-0.15, -0.1) is 0 Å². The maximum absolute atomic E-state index is 13.6. The summed E-state index contributed by atoms with van der Waals surface area (Å²) in [6, 6.07) is 12.1. The number of sulfonamides is 1. The molecule has 1 saturated heterocycles. The number of aryl methyl sites for hydroxylation is 1. The number of para-hydroxylation sites is 1. The van der Waals surface area contributed by atoms with Crippen LogP contribution in [0.3, 0.4) is 0 Å². The topological polar surface area (TPSA) is 84.7 Å². The molecule has 1 amide bonds. The minimum absolute atomic E-state index is 0.0313. The predicted molar refractivity (Wildman–Crippen MR) is 133 cm³/mol. The Hall–Kier alpha value is -3.47. The summed E-state index contributed by atoms with van der Waals surface area (Å²) in [5, 5.41) is 4.18. The van der Waals surface area contributed by atoms with Gasteiger partial charge >= 0.3 is 6.09 Å². The molecular weight excluding hydrogens is 502 g/mol. The first kappa shape index (κ1) is 25.2. The van der Waals surface area contributed by atoms with E-state index < -0.39 is 28.0 Å². The number of amides is 1. The van der Waals surface area contributed by atoms with E-state index in [1.807, 2.05) is 25.3 Å². The van der Waals surface area contributed by atoms with Crippen LogP contribution in [-0.4, -0.2) is 48.8 Å². The number of nitrogens with zero attached hydrogens (tertiary/aromatic N) is 4. The van der Waals surface area contributed by atoms with Gasteiger partial charge in [0.15, 0.2) is 0 Å². The number of ether oxygens (including phenoxy) is 1. The molecule has 3 aromatic rings. The third-order valence-electron chi connectivity index (χ3n) is 7.26. The monoisotopic (exact) mass is 530 g/mol. The van der Waals surface area contributed by atoms with E-state index >= 15 is 0 Å². The van der Waals surface area contributed by atoms with Gasteiger partial charge < -0.3 is 9.64 Å². The highest BCUT2D eigenvalue weighted by molar-refractivity contribution is 7.92. The second-order valence-corrected chi connectivity index (χ2v) is 11.3. The molecule has 0 N–H and O–H groups in total. The number of carbonyl (C=O) groups is 1. The van der Waals surface area contributed by atoms with Gasteiger partial charge in [-0.3, -0.25) is 8.99 Å². The summed E-state index contributed by atoms with van der Waals surface area (Å²) in [5.41, 5.74) is 1.64. The fraction of sp³-hybridized carbons (Fsp3) is 0.385. The first-order valence-corrected chi connectivity index (χ1v) is 13.6. The minimum atomic E-state index is -3.96. The van der Waals surface area contributed by atoms with Crippen molar-refractivity contribution in [2.45, 2.75) is 49.7 Å².